The van der Waals surface area contributed by atoms with Gasteiger partial charge in [-0.15, -0.1) is 0 Å². The molecule has 108 valence electrons. The fraction of sp³-hybridized carbons (Fsp3) is 0.846. The molecule has 1 aromatic heterocycles. The zero-order chi connectivity index (χ0) is 13.7. The van der Waals surface area contributed by atoms with Crippen molar-refractivity contribution in [3.05, 3.63) is 11.7 Å². The molecule has 0 aromatic carbocycles. The first kappa shape index (κ1) is 14.4. The zero-order valence-electron chi connectivity index (χ0n) is 11.6. The van der Waals surface area contributed by atoms with Gasteiger partial charge in [-0.3, -0.25) is 0 Å². The molecule has 0 aliphatic carbocycles. The second-order valence-electron chi connectivity index (χ2n) is 4.94. The quantitative estimate of drug-likeness (QED) is 0.842. The predicted molar refractivity (Wildman–Crippen MR) is 67.7 cm³/mol. The van der Waals surface area contributed by atoms with Gasteiger partial charge in [0.05, 0.1) is 6.10 Å². The molecule has 1 N–H and O–H groups in total. The minimum Gasteiger partial charge on any atom is -0.393 e. The molecular weight excluding hydrogens is 248 g/mol. The Morgan fingerprint density at radius 1 is 1.42 bits per heavy atom. The van der Waals surface area contributed by atoms with Gasteiger partial charge in [0, 0.05) is 39.1 Å². The minimum absolute atomic E-state index is 0.362. The third-order valence-corrected chi connectivity index (χ3v) is 3.37. The number of rotatable bonds is 6. The zero-order valence-corrected chi connectivity index (χ0v) is 11.6. The van der Waals surface area contributed by atoms with Crippen LogP contribution in [0.15, 0.2) is 4.52 Å². The van der Waals surface area contributed by atoms with Gasteiger partial charge in [-0.25, -0.2) is 0 Å². The highest BCUT2D eigenvalue weighted by atomic mass is 16.5. The van der Waals surface area contributed by atoms with E-state index in [1.165, 1.54) is 0 Å². The normalized spacial score (nSPS) is 20.4. The maximum atomic E-state index is 9.27. The second kappa shape index (κ2) is 6.45. The van der Waals surface area contributed by atoms with Crippen molar-refractivity contribution >= 4 is 0 Å². The molecular formula is C13H22N2O4. The van der Waals surface area contributed by atoms with Gasteiger partial charge in [0.15, 0.2) is 0 Å². The molecule has 2 heterocycles. The average Bonchev–Trinajstić information content (AvgIpc) is 2.87. The number of aryl methyl sites for hydroxylation is 1. The van der Waals surface area contributed by atoms with Crippen LogP contribution in [0.5, 0.6) is 0 Å². The number of hydrogen-bond acceptors (Lipinski definition) is 6. The second-order valence-corrected chi connectivity index (χ2v) is 4.94. The summed E-state index contributed by atoms with van der Waals surface area (Å²) in [5.74, 6) is 1.17. The Morgan fingerprint density at radius 3 is 2.79 bits per heavy atom. The number of ether oxygens (including phenoxy) is 2. The Kier molecular flexibility index (Phi) is 4.90. The van der Waals surface area contributed by atoms with Gasteiger partial charge < -0.3 is 19.1 Å². The van der Waals surface area contributed by atoms with E-state index in [4.69, 9.17) is 14.0 Å². The summed E-state index contributed by atoms with van der Waals surface area (Å²) in [6.07, 6.45) is 2.33. The lowest BCUT2D eigenvalue weighted by Gasteiger charge is -2.33. The van der Waals surface area contributed by atoms with Crippen molar-refractivity contribution in [2.45, 2.75) is 51.2 Å². The number of nitrogens with zero attached hydrogens (tertiary/aromatic N) is 2. The Labute approximate surface area is 113 Å². The summed E-state index contributed by atoms with van der Waals surface area (Å²) in [6, 6.07) is 0. The number of aliphatic hydroxyl groups is 1. The summed E-state index contributed by atoms with van der Waals surface area (Å²) in [7, 11) is 0. The molecule has 0 radical (unpaired) electrons. The van der Waals surface area contributed by atoms with Gasteiger partial charge in [0.2, 0.25) is 11.7 Å². The number of hydrogen-bond donors (Lipinski definition) is 1. The van der Waals surface area contributed by atoms with E-state index in [-0.39, 0.29) is 6.10 Å². The molecule has 19 heavy (non-hydrogen) atoms. The van der Waals surface area contributed by atoms with E-state index < -0.39 is 5.60 Å². The van der Waals surface area contributed by atoms with E-state index in [1.54, 1.807) is 6.92 Å². The maximum absolute atomic E-state index is 9.27. The van der Waals surface area contributed by atoms with Crippen molar-refractivity contribution in [1.82, 2.24) is 10.1 Å². The Balaban J connectivity index is 2.09. The fourth-order valence-electron chi connectivity index (χ4n) is 2.28. The molecule has 1 aliphatic rings. The highest BCUT2D eigenvalue weighted by Crippen LogP contribution is 2.34. The molecule has 1 aliphatic heterocycles. The topological polar surface area (TPSA) is 77.6 Å². The van der Waals surface area contributed by atoms with Crippen molar-refractivity contribution in [2.24, 2.45) is 0 Å². The first-order valence-corrected chi connectivity index (χ1v) is 6.89. The maximum Gasteiger partial charge on any atom is 0.226 e. The molecule has 1 unspecified atom stereocenters. The van der Waals surface area contributed by atoms with Gasteiger partial charge in [0.25, 0.3) is 0 Å². The highest BCUT2D eigenvalue weighted by molar-refractivity contribution is 5.03. The molecule has 6 nitrogen and oxygen atoms in total. The molecule has 2 rings (SSSR count). The largest absolute Gasteiger partial charge is 0.393 e. The SMILES string of the molecule is CCOC1(c2noc(CCC(C)O)n2)CCOCC1. The van der Waals surface area contributed by atoms with Gasteiger partial charge in [-0.1, -0.05) is 5.16 Å². The first-order valence-electron chi connectivity index (χ1n) is 6.89. The molecule has 1 saturated heterocycles. The average molecular weight is 270 g/mol. The molecule has 1 atom stereocenters. The van der Waals surface area contributed by atoms with Crippen LogP contribution in [0, 0.1) is 0 Å². The fourth-order valence-corrected chi connectivity index (χ4v) is 2.28. The van der Waals surface area contributed by atoms with Crippen LogP contribution >= 0.6 is 0 Å². The van der Waals surface area contributed by atoms with Crippen molar-refractivity contribution in [1.29, 1.82) is 0 Å². The van der Waals surface area contributed by atoms with Crippen LogP contribution in [0.4, 0.5) is 0 Å². The van der Waals surface area contributed by atoms with E-state index in [9.17, 15) is 5.11 Å². The van der Waals surface area contributed by atoms with Gasteiger partial charge in [-0.05, 0) is 20.3 Å². The molecule has 6 heteroatoms. The Hall–Kier alpha value is -0.980. The summed E-state index contributed by atoms with van der Waals surface area (Å²) in [4.78, 5) is 4.43. The van der Waals surface area contributed by atoms with Gasteiger partial charge in [0.1, 0.15) is 5.60 Å². The van der Waals surface area contributed by atoms with Crippen molar-refractivity contribution < 1.29 is 19.1 Å². The van der Waals surface area contributed by atoms with Crippen molar-refractivity contribution in [2.75, 3.05) is 19.8 Å². The molecule has 0 bridgehead atoms. The predicted octanol–water partition coefficient (Wildman–Crippen LogP) is 1.43. The lowest BCUT2D eigenvalue weighted by molar-refractivity contribution is -0.118. The van der Waals surface area contributed by atoms with Crippen LogP contribution in [-0.2, 0) is 21.5 Å². The summed E-state index contributed by atoms with van der Waals surface area (Å²) in [5.41, 5.74) is -0.473. The number of aliphatic hydroxyl groups excluding tert-OH is 1. The third-order valence-electron chi connectivity index (χ3n) is 3.37. The molecule has 0 amide bonds. The summed E-state index contributed by atoms with van der Waals surface area (Å²) in [6.45, 7) is 5.62. The lowest BCUT2D eigenvalue weighted by Crippen LogP contribution is -2.37. The van der Waals surface area contributed by atoms with Crippen LogP contribution in [0.2, 0.25) is 0 Å². The van der Waals surface area contributed by atoms with E-state index in [0.717, 1.165) is 12.8 Å². The highest BCUT2D eigenvalue weighted by Gasteiger charge is 2.39. The van der Waals surface area contributed by atoms with E-state index in [2.05, 4.69) is 10.1 Å². The summed E-state index contributed by atoms with van der Waals surface area (Å²) >= 11 is 0. The monoisotopic (exact) mass is 270 g/mol. The minimum atomic E-state index is -0.473. The molecule has 0 spiro atoms. The van der Waals surface area contributed by atoms with Gasteiger partial charge in [-0.2, -0.15) is 4.98 Å². The van der Waals surface area contributed by atoms with Crippen LogP contribution in [0.3, 0.4) is 0 Å². The van der Waals surface area contributed by atoms with E-state index in [1.807, 2.05) is 6.92 Å². The third kappa shape index (κ3) is 3.52. The van der Waals surface area contributed by atoms with Gasteiger partial charge >= 0.3 is 0 Å². The standard InChI is InChI=1S/C13H22N2O4/c1-3-18-13(6-8-17-9-7-13)12-14-11(19-15-12)5-4-10(2)16/h10,16H,3-9H2,1-2H3. The van der Waals surface area contributed by atoms with Crippen LogP contribution in [0.25, 0.3) is 0 Å². The summed E-state index contributed by atoms with van der Waals surface area (Å²) in [5, 5.41) is 13.3. The van der Waals surface area contributed by atoms with E-state index in [0.29, 0.717) is 44.4 Å². The Morgan fingerprint density at radius 2 is 2.16 bits per heavy atom. The van der Waals surface area contributed by atoms with Crippen LogP contribution < -0.4 is 0 Å². The Bertz CT molecular complexity index is 380. The molecule has 1 fully saturated rings. The first-order chi connectivity index (χ1) is 9.16. The summed E-state index contributed by atoms with van der Waals surface area (Å²) < 4.78 is 16.5. The van der Waals surface area contributed by atoms with Crippen molar-refractivity contribution in [3.8, 4) is 0 Å². The van der Waals surface area contributed by atoms with Crippen LogP contribution in [-0.4, -0.2) is 41.2 Å². The number of aromatic nitrogens is 2. The van der Waals surface area contributed by atoms with Crippen molar-refractivity contribution in [3.63, 3.8) is 0 Å². The lowest BCUT2D eigenvalue weighted by atomic mass is 9.93. The smallest absolute Gasteiger partial charge is 0.226 e. The molecule has 0 saturated carbocycles. The molecule has 1 aromatic rings. The van der Waals surface area contributed by atoms with E-state index >= 15 is 0 Å². The van der Waals surface area contributed by atoms with Crippen LogP contribution in [0.1, 0.15) is 44.8 Å².